The molecular weight excluding hydrogens is 931 g/mol. The van der Waals surface area contributed by atoms with Crippen molar-refractivity contribution in [1.29, 1.82) is 0 Å². The lowest BCUT2D eigenvalue weighted by Gasteiger charge is -2.33. The van der Waals surface area contributed by atoms with E-state index in [-0.39, 0.29) is 10.8 Å². The maximum Gasteiger partial charge on any atom is 0.137 e. The van der Waals surface area contributed by atoms with Gasteiger partial charge in [-0.2, -0.15) is 0 Å². The topological polar surface area (TPSA) is 16.4 Å². The molecule has 0 radical (unpaired) electrons. The quantitative estimate of drug-likeness (QED) is 0.158. The second-order valence-corrected chi connectivity index (χ2v) is 23.2. The second kappa shape index (κ2) is 17.5. The first-order chi connectivity index (χ1) is 37.5. The molecule has 14 rings (SSSR count). The van der Waals surface area contributed by atoms with Gasteiger partial charge in [-0.1, -0.05) is 248 Å². The van der Waals surface area contributed by atoms with Gasteiger partial charge < -0.3 is 9.32 Å². The summed E-state index contributed by atoms with van der Waals surface area (Å²) >= 11 is 0. The van der Waals surface area contributed by atoms with Crippen LogP contribution < -0.4 is 4.90 Å². The van der Waals surface area contributed by atoms with Gasteiger partial charge in [0, 0.05) is 16.6 Å². The van der Waals surface area contributed by atoms with Gasteiger partial charge in [-0.3, -0.25) is 0 Å². The van der Waals surface area contributed by atoms with Crippen LogP contribution in [0.4, 0.5) is 17.1 Å². The van der Waals surface area contributed by atoms with E-state index in [9.17, 15) is 0 Å². The number of hydrogen-bond acceptors (Lipinski definition) is 2. The van der Waals surface area contributed by atoms with Gasteiger partial charge in [0.25, 0.3) is 0 Å². The van der Waals surface area contributed by atoms with E-state index >= 15 is 0 Å². The molecule has 0 N–H and O–H groups in total. The van der Waals surface area contributed by atoms with E-state index in [2.05, 4.69) is 295 Å². The summed E-state index contributed by atoms with van der Waals surface area (Å²) < 4.78 is 6.60. The number of rotatable bonds is 7. The van der Waals surface area contributed by atoms with Gasteiger partial charge in [-0.05, 0) is 148 Å². The van der Waals surface area contributed by atoms with E-state index in [0.29, 0.717) is 0 Å². The van der Waals surface area contributed by atoms with Gasteiger partial charge in [0.05, 0.1) is 22.2 Å². The number of nitrogens with zero attached hydrogens (tertiary/aromatic N) is 1. The highest BCUT2D eigenvalue weighted by Crippen LogP contribution is 2.64. The monoisotopic (exact) mass is 989 g/mol. The van der Waals surface area contributed by atoms with E-state index in [4.69, 9.17) is 4.42 Å². The van der Waals surface area contributed by atoms with Crippen molar-refractivity contribution in [1.82, 2.24) is 0 Å². The summed E-state index contributed by atoms with van der Waals surface area (Å²) in [6.45, 7) is 14.0. The molecule has 1 heterocycles. The summed E-state index contributed by atoms with van der Waals surface area (Å²) in [6, 6.07) is 92.5. The summed E-state index contributed by atoms with van der Waals surface area (Å²) in [6.07, 6.45) is 0. The first-order valence-corrected chi connectivity index (χ1v) is 27.2. The van der Waals surface area contributed by atoms with Crippen LogP contribution in [-0.2, 0) is 16.2 Å². The molecule has 0 fully saturated rings. The maximum absolute atomic E-state index is 6.60. The number of fused-ring (bicyclic) bond motifs is 13. The van der Waals surface area contributed by atoms with Crippen molar-refractivity contribution in [2.75, 3.05) is 4.90 Å². The first kappa shape index (κ1) is 46.5. The SMILES string of the molecule is CC(C)(C)c1ccc2c(c1)C1(c3ccccc3-c3ccc(-c4ccc(N(c5ccccc5-c5ccccc5-c5ccccc5-c5ccccc5)c5cccc6oc7ccccc7c56)cc4)cc31)c1cc(C(C)(C)C)ccc1-2. The molecule has 0 amide bonds. The predicted molar refractivity (Wildman–Crippen MR) is 324 cm³/mol. The van der Waals surface area contributed by atoms with Crippen LogP contribution >= 0.6 is 0 Å². The van der Waals surface area contributed by atoms with Gasteiger partial charge in [0.15, 0.2) is 0 Å². The fraction of sp³-hybridized carbons (Fsp3) is 0.120. The fourth-order valence-electron chi connectivity index (χ4n) is 12.9. The third kappa shape index (κ3) is 7.30. The lowest BCUT2D eigenvalue weighted by Crippen LogP contribution is -2.27. The van der Waals surface area contributed by atoms with Gasteiger partial charge >= 0.3 is 0 Å². The highest BCUT2D eigenvalue weighted by molar-refractivity contribution is 6.14. The molecule has 0 saturated carbocycles. The van der Waals surface area contributed by atoms with Gasteiger partial charge in [0.2, 0.25) is 0 Å². The lowest BCUT2D eigenvalue weighted by atomic mass is 9.68. The van der Waals surface area contributed by atoms with Crippen LogP contribution in [0.3, 0.4) is 0 Å². The summed E-state index contributed by atoms with van der Waals surface area (Å²) in [4.78, 5) is 2.45. The van der Waals surface area contributed by atoms with Crippen molar-refractivity contribution < 1.29 is 4.42 Å². The smallest absolute Gasteiger partial charge is 0.137 e. The number of furan rings is 1. The second-order valence-electron chi connectivity index (χ2n) is 23.2. The van der Waals surface area contributed by atoms with Crippen LogP contribution in [0.5, 0.6) is 0 Å². The third-order valence-corrected chi connectivity index (χ3v) is 16.7. The van der Waals surface area contributed by atoms with Gasteiger partial charge in [0.1, 0.15) is 11.2 Å². The molecule has 2 heteroatoms. The summed E-state index contributed by atoms with van der Waals surface area (Å²) in [7, 11) is 0. The molecule has 0 unspecified atom stereocenters. The Morgan fingerprint density at radius 3 is 1.44 bits per heavy atom. The molecule has 12 aromatic rings. The molecule has 0 atom stereocenters. The van der Waals surface area contributed by atoms with Crippen LogP contribution in [0.1, 0.15) is 74.9 Å². The number of hydrogen-bond donors (Lipinski definition) is 0. The minimum absolute atomic E-state index is 0.0199. The minimum atomic E-state index is -0.487. The zero-order valence-corrected chi connectivity index (χ0v) is 44.5. The van der Waals surface area contributed by atoms with Crippen molar-refractivity contribution in [3.8, 4) is 66.8 Å². The van der Waals surface area contributed by atoms with Crippen molar-refractivity contribution in [3.63, 3.8) is 0 Å². The highest BCUT2D eigenvalue weighted by atomic mass is 16.3. The number of benzene rings is 11. The van der Waals surface area contributed by atoms with Gasteiger partial charge in [-0.15, -0.1) is 0 Å². The molecule has 1 aromatic heterocycles. The Labute approximate surface area is 452 Å². The zero-order chi connectivity index (χ0) is 52.2. The molecule has 1 spiro atoms. The minimum Gasteiger partial charge on any atom is -0.456 e. The number of anilines is 3. The van der Waals surface area contributed by atoms with Crippen LogP contribution in [0.15, 0.2) is 253 Å². The van der Waals surface area contributed by atoms with E-state index in [1.54, 1.807) is 0 Å². The summed E-state index contributed by atoms with van der Waals surface area (Å²) in [5.74, 6) is 0. The molecular formula is C75H59NO. The highest BCUT2D eigenvalue weighted by Gasteiger charge is 2.52. The summed E-state index contributed by atoms with van der Waals surface area (Å²) in [5, 5.41) is 2.16. The Bertz CT molecular complexity index is 4230. The number of para-hydroxylation sites is 2. The average molecular weight is 990 g/mol. The van der Waals surface area contributed by atoms with E-state index in [1.807, 2.05) is 0 Å². The first-order valence-electron chi connectivity index (χ1n) is 27.2. The molecule has 11 aromatic carbocycles. The Kier molecular flexibility index (Phi) is 10.6. The molecule has 0 aliphatic heterocycles. The third-order valence-electron chi connectivity index (χ3n) is 16.7. The Morgan fingerprint density at radius 2 is 0.779 bits per heavy atom. The largest absolute Gasteiger partial charge is 0.456 e. The van der Waals surface area contributed by atoms with Crippen molar-refractivity contribution in [2.45, 2.75) is 57.8 Å². The van der Waals surface area contributed by atoms with E-state index in [0.717, 1.165) is 55.7 Å². The molecule has 2 aliphatic rings. The molecule has 2 nitrogen and oxygen atoms in total. The van der Waals surface area contributed by atoms with Crippen LogP contribution in [0.25, 0.3) is 88.7 Å². The lowest BCUT2D eigenvalue weighted by molar-refractivity contribution is 0.586. The Hall–Kier alpha value is -8.98. The molecule has 0 saturated heterocycles. The molecule has 77 heavy (non-hydrogen) atoms. The average Bonchev–Trinajstić information content (AvgIpc) is 4.05. The molecule has 2 aliphatic carbocycles. The molecule has 370 valence electrons. The maximum atomic E-state index is 6.60. The van der Waals surface area contributed by atoms with Crippen LogP contribution in [0.2, 0.25) is 0 Å². The standard InChI is InChI=1S/C75H59NO/c1-73(2,3)51-38-43-60-61-44-39-52(74(4,5)6)47-67(61)75(66(60)46-51)64-30-17-14-27-58(64)59-42-37-50(45-65(59)75)48-35-40-53(41-36-48)76(69-32-20-34-71-72(69)63-29-16-19-33-70(63)77-71)68-31-18-15-28-62(68)57-26-13-12-25-56(57)55-24-11-10-23-54(55)49-21-8-7-9-22-49/h7-47H,1-6H3. The fourth-order valence-corrected chi connectivity index (χ4v) is 12.9. The Morgan fingerprint density at radius 1 is 0.312 bits per heavy atom. The van der Waals surface area contributed by atoms with E-state index in [1.165, 1.54) is 83.5 Å². The normalized spacial score (nSPS) is 13.2. The predicted octanol–water partition coefficient (Wildman–Crippen LogP) is 20.7. The Balaban J connectivity index is 0.955. The van der Waals surface area contributed by atoms with Crippen molar-refractivity contribution >= 4 is 39.0 Å². The van der Waals surface area contributed by atoms with Crippen molar-refractivity contribution in [3.05, 3.63) is 282 Å². The summed E-state index contributed by atoms with van der Waals surface area (Å²) in [5.41, 5.74) is 27.2. The van der Waals surface area contributed by atoms with Crippen LogP contribution in [-0.4, -0.2) is 0 Å². The van der Waals surface area contributed by atoms with E-state index < -0.39 is 5.41 Å². The zero-order valence-electron chi connectivity index (χ0n) is 44.5. The van der Waals surface area contributed by atoms with Gasteiger partial charge in [-0.25, -0.2) is 0 Å². The molecule has 0 bridgehead atoms. The van der Waals surface area contributed by atoms with Crippen molar-refractivity contribution in [2.24, 2.45) is 0 Å². The van der Waals surface area contributed by atoms with Crippen LogP contribution in [0, 0.1) is 0 Å².